The third-order valence-electron chi connectivity index (χ3n) is 4.47. The molecule has 0 radical (unpaired) electrons. The molecule has 2 aromatic rings. The fourth-order valence-electron chi connectivity index (χ4n) is 3.03. The normalized spacial score (nSPS) is 22.8. The molecule has 1 aliphatic carbocycles. The molecule has 0 aromatic heterocycles. The molecular weight excluding hydrogens is 298 g/mol. The van der Waals surface area contributed by atoms with E-state index in [-0.39, 0.29) is 12.0 Å². The second-order valence-corrected chi connectivity index (χ2v) is 6.29. The molecule has 0 heterocycles. The summed E-state index contributed by atoms with van der Waals surface area (Å²) in [6.07, 6.45) is 4.25. The number of benzene rings is 2. The topological polar surface area (TPSA) is 44.5 Å². The Hall–Kier alpha value is -1.94. The molecule has 0 spiro atoms. The highest BCUT2D eigenvalue weighted by Gasteiger charge is 2.29. The predicted octanol–water partition coefficient (Wildman–Crippen LogP) is 3.55. The van der Waals surface area contributed by atoms with Crippen LogP contribution in [-0.4, -0.2) is 19.3 Å². The van der Waals surface area contributed by atoms with Gasteiger partial charge in [-0.15, -0.1) is 0 Å². The summed E-state index contributed by atoms with van der Waals surface area (Å²) in [6, 6.07) is 20.5. The van der Waals surface area contributed by atoms with Gasteiger partial charge in [0.2, 0.25) is 0 Å². The summed E-state index contributed by atoms with van der Waals surface area (Å²) in [4.78, 5) is 0. The smallest absolute Gasteiger partial charge is 0.0717 e. The second kappa shape index (κ2) is 8.78. The van der Waals surface area contributed by atoms with Crippen LogP contribution in [-0.2, 0) is 22.7 Å². The van der Waals surface area contributed by atoms with E-state index in [1.807, 2.05) is 36.4 Å². The Morgan fingerprint density at radius 2 is 1.25 bits per heavy atom. The van der Waals surface area contributed by atoms with Crippen molar-refractivity contribution in [3.05, 3.63) is 83.9 Å². The molecule has 3 heteroatoms. The fourth-order valence-corrected chi connectivity index (χ4v) is 3.03. The molecule has 0 unspecified atom stereocenters. The van der Waals surface area contributed by atoms with Crippen LogP contribution >= 0.6 is 0 Å². The summed E-state index contributed by atoms with van der Waals surface area (Å²) in [5.74, 6) is 0.601. The third-order valence-corrected chi connectivity index (χ3v) is 4.47. The van der Waals surface area contributed by atoms with Gasteiger partial charge in [-0.05, 0) is 11.1 Å². The van der Waals surface area contributed by atoms with Gasteiger partial charge in [0.05, 0.1) is 26.4 Å². The van der Waals surface area contributed by atoms with Crippen LogP contribution in [0.15, 0.2) is 72.8 Å². The van der Waals surface area contributed by atoms with Gasteiger partial charge in [0, 0.05) is 17.9 Å². The highest BCUT2D eigenvalue weighted by Crippen LogP contribution is 2.26. The predicted molar refractivity (Wildman–Crippen MR) is 96.3 cm³/mol. The zero-order valence-corrected chi connectivity index (χ0v) is 13.9. The molecule has 1 aliphatic rings. The van der Waals surface area contributed by atoms with Crippen LogP contribution in [0.4, 0.5) is 0 Å². The lowest BCUT2D eigenvalue weighted by atomic mass is 9.94. The zero-order chi connectivity index (χ0) is 16.6. The number of rotatable bonds is 8. The Kier molecular flexibility index (Phi) is 6.19. The lowest BCUT2D eigenvalue weighted by molar-refractivity contribution is 0.0370. The molecule has 3 nitrogen and oxygen atoms in total. The summed E-state index contributed by atoms with van der Waals surface area (Å²) < 4.78 is 11.8. The van der Waals surface area contributed by atoms with Crippen molar-refractivity contribution in [1.82, 2.24) is 0 Å². The standard InChI is InChI=1S/C21H25NO2/c22-21-12-11-19(15-23-13-17-7-3-1-4-8-17)20(21)16-24-14-18-9-5-2-6-10-18/h1-12,19-21H,13-16,22H2/t19-,20-,21-/m1/s1. The summed E-state index contributed by atoms with van der Waals surface area (Å²) >= 11 is 0. The molecule has 2 N–H and O–H groups in total. The Bertz CT molecular complexity index is 627. The maximum atomic E-state index is 6.21. The average Bonchev–Trinajstić information content (AvgIpc) is 2.97. The Morgan fingerprint density at radius 1 is 0.708 bits per heavy atom. The van der Waals surface area contributed by atoms with Crippen LogP contribution in [0.2, 0.25) is 0 Å². The van der Waals surface area contributed by atoms with Crippen LogP contribution < -0.4 is 5.73 Å². The van der Waals surface area contributed by atoms with Gasteiger partial charge in [0.25, 0.3) is 0 Å². The van der Waals surface area contributed by atoms with Gasteiger partial charge in [-0.3, -0.25) is 0 Å². The summed E-state index contributed by atoms with van der Waals surface area (Å²) in [5, 5.41) is 0. The van der Waals surface area contributed by atoms with Crippen molar-refractivity contribution in [3.63, 3.8) is 0 Å². The zero-order valence-electron chi connectivity index (χ0n) is 13.9. The number of ether oxygens (including phenoxy) is 2. The number of hydrogen-bond donors (Lipinski definition) is 1. The van der Waals surface area contributed by atoms with E-state index in [0.29, 0.717) is 32.3 Å². The minimum Gasteiger partial charge on any atom is -0.376 e. The minimum atomic E-state index is 0.0473. The Morgan fingerprint density at radius 3 is 1.83 bits per heavy atom. The molecule has 0 amide bonds. The van der Waals surface area contributed by atoms with E-state index in [1.165, 1.54) is 11.1 Å². The average molecular weight is 323 g/mol. The van der Waals surface area contributed by atoms with Crippen LogP contribution in [0.5, 0.6) is 0 Å². The first kappa shape index (κ1) is 16.9. The largest absolute Gasteiger partial charge is 0.376 e. The molecule has 0 fully saturated rings. The van der Waals surface area contributed by atoms with Crippen LogP contribution in [0.25, 0.3) is 0 Å². The van der Waals surface area contributed by atoms with Gasteiger partial charge in [0.1, 0.15) is 0 Å². The Balaban J connectivity index is 1.43. The molecule has 0 saturated carbocycles. The molecule has 3 rings (SSSR count). The summed E-state index contributed by atoms with van der Waals surface area (Å²) in [5.41, 5.74) is 8.59. The van der Waals surface area contributed by atoms with Gasteiger partial charge in [0.15, 0.2) is 0 Å². The third kappa shape index (κ3) is 4.78. The van der Waals surface area contributed by atoms with Crippen molar-refractivity contribution in [2.24, 2.45) is 17.6 Å². The van der Waals surface area contributed by atoms with Gasteiger partial charge >= 0.3 is 0 Å². The van der Waals surface area contributed by atoms with E-state index in [4.69, 9.17) is 15.2 Å². The number of nitrogens with two attached hydrogens (primary N) is 1. The first-order valence-corrected chi connectivity index (χ1v) is 8.50. The minimum absolute atomic E-state index is 0.0473. The van der Waals surface area contributed by atoms with Crippen molar-refractivity contribution in [2.75, 3.05) is 13.2 Å². The van der Waals surface area contributed by atoms with Gasteiger partial charge in [-0.25, -0.2) is 0 Å². The van der Waals surface area contributed by atoms with Gasteiger partial charge in [-0.2, -0.15) is 0 Å². The molecule has 24 heavy (non-hydrogen) atoms. The van der Waals surface area contributed by atoms with Crippen molar-refractivity contribution < 1.29 is 9.47 Å². The summed E-state index contributed by atoms with van der Waals surface area (Å²) in [7, 11) is 0. The van der Waals surface area contributed by atoms with Crippen molar-refractivity contribution in [1.29, 1.82) is 0 Å². The Labute approximate surface area is 144 Å². The lowest BCUT2D eigenvalue weighted by Crippen LogP contribution is -2.33. The summed E-state index contributed by atoms with van der Waals surface area (Å²) in [6.45, 7) is 2.60. The highest BCUT2D eigenvalue weighted by molar-refractivity contribution is 5.15. The van der Waals surface area contributed by atoms with E-state index in [1.54, 1.807) is 0 Å². The molecular formula is C21H25NO2. The first-order chi connectivity index (χ1) is 11.8. The van der Waals surface area contributed by atoms with E-state index >= 15 is 0 Å². The molecule has 0 saturated heterocycles. The fraction of sp³-hybridized carbons (Fsp3) is 0.333. The maximum Gasteiger partial charge on any atom is 0.0717 e. The van der Waals surface area contributed by atoms with E-state index in [9.17, 15) is 0 Å². The maximum absolute atomic E-state index is 6.21. The van der Waals surface area contributed by atoms with Crippen LogP contribution in [0.1, 0.15) is 11.1 Å². The SMILES string of the molecule is N[C@@H]1C=C[C@H](COCc2ccccc2)[C@H]1COCc1ccccc1. The number of hydrogen-bond acceptors (Lipinski definition) is 3. The van der Waals surface area contributed by atoms with Crippen molar-refractivity contribution in [2.45, 2.75) is 19.3 Å². The molecule has 0 bridgehead atoms. The quantitative estimate of drug-likeness (QED) is 0.756. The highest BCUT2D eigenvalue weighted by atomic mass is 16.5. The molecule has 126 valence electrons. The van der Waals surface area contributed by atoms with Gasteiger partial charge in [-0.1, -0.05) is 72.8 Å². The molecule has 2 aromatic carbocycles. The van der Waals surface area contributed by atoms with E-state index < -0.39 is 0 Å². The molecule has 3 atom stereocenters. The van der Waals surface area contributed by atoms with Crippen LogP contribution in [0.3, 0.4) is 0 Å². The lowest BCUT2D eigenvalue weighted by Gasteiger charge is -2.23. The first-order valence-electron chi connectivity index (χ1n) is 8.50. The second-order valence-electron chi connectivity index (χ2n) is 6.29. The van der Waals surface area contributed by atoms with Crippen molar-refractivity contribution >= 4 is 0 Å². The van der Waals surface area contributed by atoms with Gasteiger partial charge < -0.3 is 15.2 Å². The van der Waals surface area contributed by atoms with E-state index in [2.05, 4.69) is 36.4 Å². The van der Waals surface area contributed by atoms with Crippen molar-refractivity contribution in [3.8, 4) is 0 Å². The molecule has 0 aliphatic heterocycles. The monoisotopic (exact) mass is 323 g/mol. The van der Waals surface area contributed by atoms with E-state index in [0.717, 1.165) is 0 Å². The van der Waals surface area contributed by atoms with Crippen LogP contribution in [0, 0.1) is 11.8 Å².